The molecular formula is C16H17F3N4O2. The Morgan fingerprint density at radius 2 is 1.96 bits per heavy atom. The third kappa shape index (κ3) is 4.90. The van der Waals surface area contributed by atoms with Crippen LogP contribution in [-0.2, 0) is 4.74 Å². The van der Waals surface area contributed by atoms with Gasteiger partial charge in [0.05, 0.1) is 5.69 Å². The fourth-order valence-corrected chi connectivity index (χ4v) is 2.02. The first-order valence-corrected chi connectivity index (χ1v) is 7.45. The van der Waals surface area contributed by atoms with Crippen LogP contribution in [0.5, 0.6) is 0 Å². The minimum Gasteiger partial charge on any atom is -0.385 e. The number of nitrogens with zero attached hydrogens (tertiary/aromatic N) is 2. The number of aromatic nitrogens is 2. The molecule has 2 aromatic rings. The Kier molecular flexibility index (Phi) is 6.29. The standard InChI is InChI=1S/C16H17F3N4O2/c1-9-21-12(16(24)20-6-3-7-25-2)8-13(22-9)23-11-5-4-10(17)14(18)15(11)19/h4-5,8H,3,6-7H2,1-2H3,(H,20,24)(H,21,22,23). The summed E-state index contributed by atoms with van der Waals surface area (Å²) in [4.78, 5) is 20.1. The van der Waals surface area contributed by atoms with Crippen LogP contribution >= 0.6 is 0 Å². The van der Waals surface area contributed by atoms with E-state index < -0.39 is 23.4 Å². The number of hydrogen-bond donors (Lipinski definition) is 2. The van der Waals surface area contributed by atoms with Crippen molar-refractivity contribution in [1.82, 2.24) is 15.3 Å². The summed E-state index contributed by atoms with van der Waals surface area (Å²) in [5.41, 5.74) is -0.237. The highest BCUT2D eigenvalue weighted by Crippen LogP contribution is 2.23. The van der Waals surface area contributed by atoms with E-state index >= 15 is 0 Å². The fourth-order valence-electron chi connectivity index (χ4n) is 2.02. The lowest BCUT2D eigenvalue weighted by Gasteiger charge is -2.10. The molecule has 1 heterocycles. The molecule has 0 aliphatic carbocycles. The van der Waals surface area contributed by atoms with Gasteiger partial charge in [-0.05, 0) is 25.5 Å². The van der Waals surface area contributed by atoms with Gasteiger partial charge in [-0.2, -0.15) is 0 Å². The third-order valence-electron chi connectivity index (χ3n) is 3.18. The molecular weight excluding hydrogens is 337 g/mol. The van der Waals surface area contributed by atoms with Gasteiger partial charge in [0, 0.05) is 26.3 Å². The number of carbonyl (C=O) groups excluding carboxylic acids is 1. The van der Waals surface area contributed by atoms with Crippen molar-refractivity contribution >= 4 is 17.4 Å². The smallest absolute Gasteiger partial charge is 0.270 e. The van der Waals surface area contributed by atoms with Crippen molar-refractivity contribution in [3.05, 3.63) is 47.2 Å². The van der Waals surface area contributed by atoms with Gasteiger partial charge in [-0.25, -0.2) is 23.1 Å². The molecule has 6 nitrogen and oxygen atoms in total. The molecule has 1 amide bonds. The molecule has 0 saturated carbocycles. The molecule has 2 rings (SSSR count). The van der Waals surface area contributed by atoms with E-state index in [1.165, 1.54) is 6.07 Å². The first kappa shape index (κ1) is 18.7. The Balaban J connectivity index is 2.16. The number of amides is 1. The van der Waals surface area contributed by atoms with Gasteiger partial charge in [-0.3, -0.25) is 4.79 Å². The summed E-state index contributed by atoms with van der Waals surface area (Å²) in [6.45, 7) is 2.45. The number of benzene rings is 1. The van der Waals surface area contributed by atoms with Crippen molar-refractivity contribution in [1.29, 1.82) is 0 Å². The van der Waals surface area contributed by atoms with Crippen molar-refractivity contribution in [2.45, 2.75) is 13.3 Å². The second-order valence-corrected chi connectivity index (χ2v) is 5.14. The first-order chi connectivity index (χ1) is 11.9. The molecule has 2 N–H and O–H groups in total. The van der Waals surface area contributed by atoms with E-state index in [1.807, 2.05) is 0 Å². The van der Waals surface area contributed by atoms with Gasteiger partial charge in [0.1, 0.15) is 17.3 Å². The maximum Gasteiger partial charge on any atom is 0.270 e. The number of nitrogens with one attached hydrogen (secondary N) is 2. The van der Waals surface area contributed by atoms with Crippen LogP contribution in [0.1, 0.15) is 22.7 Å². The molecule has 0 aliphatic rings. The Morgan fingerprint density at radius 3 is 2.68 bits per heavy atom. The maximum atomic E-state index is 13.7. The minimum absolute atomic E-state index is 0.0652. The number of rotatable bonds is 7. The molecule has 1 aromatic heterocycles. The third-order valence-corrected chi connectivity index (χ3v) is 3.18. The average Bonchev–Trinajstić information content (AvgIpc) is 2.58. The van der Waals surface area contributed by atoms with Crippen molar-refractivity contribution in [2.24, 2.45) is 0 Å². The molecule has 25 heavy (non-hydrogen) atoms. The zero-order valence-corrected chi connectivity index (χ0v) is 13.7. The predicted molar refractivity (Wildman–Crippen MR) is 85.2 cm³/mol. The van der Waals surface area contributed by atoms with Crippen LogP contribution in [0.3, 0.4) is 0 Å². The van der Waals surface area contributed by atoms with Crippen LogP contribution in [0.4, 0.5) is 24.7 Å². The Labute approximate surface area is 142 Å². The second kappa shape index (κ2) is 8.43. The predicted octanol–water partition coefficient (Wildman–Crippen LogP) is 2.71. The molecule has 0 radical (unpaired) electrons. The molecule has 1 aromatic carbocycles. The van der Waals surface area contributed by atoms with E-state index in [0.717, 1.165) is 12.1 Å². The molecule has 0 bridgehead atoms. The summed E-state index contributed by atoms with van der Waals surface area (Å²) >= 11 is 0. The van der Waals surface area contributed by atoms with Crippen molar-refractivity contribution in [2.75, 3.05) is 25.6 Å². The topological polar surface area (TPSA) is 76.1 Å². The van der Waals surface area contributed by atoms with Crippen LogP contribution in [0.25, 0.3) is 0 Å². The SMILES string of the molecule is COCCCNC(=O)c1cc(Nc2ccc(F)c(F)c2F)nc(C)n1. The average molecular weight is 354 g/mol. The Bertz CT molecular complexity index is 771. The van der Waals surface area contributed by atoms with Gasteiger partial charge in [0.15, 0.2) is 17.5 Å². The Hall–Kier alpha value is -2.68. The van der Waals surface area contributed by atoms with E-state index in [1.54, 1.807) is 14.0 Å². The summed E-state index contributed by atoms with van der Waals surface area (Å²) in [7, 11) is 1.56. The number of methoxy groups -OCH3 is 1. The molecule has 9 heteroatoms. The summed E-state index contributed by atoms with van der Waals surface area (Å²) in [6, 6.07) is 3.12. The number of anilines is 2. The lowest BCUT2D eigenvalue weighted by Crippen LogP contribution is -2.26. The summed E-state index contributed by atoms with van der Waals surface area (Å²) in [5, 5.41) is 5.18. The number of halogens is 3. The fraction of sp³-hybridized carbons (Fsp3) is 0.312. The van der Waals surface area contributed by atoms with E-state index in [9.17, 15) is 18.0 Å². The zero-order valence-electron chi connectivity index (χ0n) is 13.7. The van der Waals surface area contributed by atoms with Gasteiger partial charge in [-0.1, -0.05) is 0 Å². The maximum absolute atomic E-state index is 13.7. The van der Waals surface area contributed by atoms with Crippen LogP contribution in [-0.4, -0.2) is 36.1 Å². The molecule has 0 fully saturated rings. The van der Waals surface area contributed by atoms with Gasteiger partial charge < -0.3 is 15.4 Å². The quantitative estimate of drug-likeness (QED) is 0.591. The molecule has 0 spiro atoms. The van der Waals surface area contributed by atoms with Crippen LogP contribution < -0.4 is 10.6 Å². The summed E-state index contributed by atoms with van der Waals surface area (Å²) in [5.74, 6) is -4.35. The zero-order chi connectivity index (χ0) is 18.4. The highest BCUT2D eigenvalue weighted by molar-refractivity contribution is 5.93. The lowest BCUT2D eigenvalue weighted by molar-refractivity contribution is 0.0943. The van der Waals surface area contributed by atoms with E-state index in [2.05, 4.69) is 20.6 Å². The van der Waals surface area contributed by atoms with Crippen LogP contribution in [0.2, 0.25) is 0 Å². The van der Waals surface area contributed by atoms with Gasteiger partial charge in [-0.15, -0.1) is 0 Å². The first-order valence-electron chi connectivity index (χ1n) is 7.45. The lowest BCUT2D eigenvalue weighted by atomic mass is 10.2. The van der Waals surface area contributed by atoms with E-state index in [0.29, 0.717) is 19.6 Å². The van der Waals surface area contributed by atoms with Gasteiger partial charge >= 0.3 is 0 Å². The molecule has 0 atom stereocenters. The van der Waals surface area contributed by atoms with Crippen molar-refractivity contribution < 1.29 is 22.7 Å². The minimum atomic E-state index is -1.59. The van der Waals surface area contributed by atoms with Crippen molar-refractivity contribution in [3.63, 3.8) is 0 Å². The number of aryl methyl sites for hydroxylation is 1. The van der Waals surface area contributed by atoms with E-state index in [-0.39, 0.29) is 23.0 Å². The van der Waals surface area contributed by atoms with E-state index in [4.69, 9.17) is 4.74 Å². The normalized spacial score (nSPS) is 10.6. The van der Waals surface area contributed by atoms with Crippen LogP contribution in [0, 0.1) is 24.4 Å². The highest BCUT2D eigenvalue weighted by atomic mass is 19.2. The number of hydrogen-bond acceptors (Lipinski definition) is 5. The summed E-state index contributed by atoms with van der Waals surface area (Å²) < 4.78 is 44.9. The van der Waals surface area contributed by atoms with Gasteiger partial charge in [0.2, 0.25) is 0 Å². The van der Waals surface area contributed by atoms with Gasteiger partial charge in [0.25, 0.3) is 5.91 Å². The molecule has 134 valence electrons. The largest absolute Gasteiger partial charge is 0.385 e. The summed E-state index contributed by atoms with van der Waals surface area (Å²) in [6.07, 6.45) is 0.636. The molecule has 0 saturated heterocycles. The molecule has 0 unspecified atom stereocenters. The second-order valence-electron chi connectivity index (χ2n) is 5.14. The number of carbonyl (C=O) groups is 1. The number of ether oxygens (including phenoxy) is 1. The van der Waals surface area contributed by atoms with Crippen molar-refractivity contribution in [3.8, 4) is 0 Å². The molecule has 0 aliphatic heterocycles. The van der Waals surface area contributed by atoms with Crippen LogP contribution in [0.15, 0.2) is 18.2 Å². The monoisotopic (exact) mass is 354 g/mol. The highest BCUT2D eigenvalue weighted by Gasteiger charge is 2.15. The Morgan fingerprint density at radius 1 is 1.20 bits per heavy atom.